The van der Waals surface area contributed by atoms with E-state index in [0.717, 1.165) is 29.8 Å². The molecule has 0 amide bonds. The van der Waals surface area contributed by atoms with E-state index in [2.05, 4.69) is 49.6 Å². The Hall–Kier alpha value is -1.74. The van der Waals surface area contributed by atoms with Gasteiger partial charge in [-0.3, -0.25) is 0 Å². The van der Waals surface area contributed by atoms with Gasteiger partial charge in [-0.15, -0.1) is 0 Å². The number of allylic oxidation sites excluding steroid dienone is 1. The van der Waals surface area contributed by atoms with Crippen LogP contribution in [-0.4, -0.2) is 37.3 Å². The first-order valence-electron chi connectivity index (χ1n) is 11.4. The summed E-state index contributed by atoms with van der Waals surface area (Å²) in [5.74, 6) is 2.39. The number of nitrogens with zero attached hydrogens (tertiary/aromatic N) is 1. The average molecular weight is 495 g/mol. The number of phenolic OH excluding ortho intramolecular Hbond substituents is 1. The van der Waals surface area contributed by atoms with Crippen LogP contribution in [0.4, 0.5) is 0 Å². The summed E-state index contributed by atoms with van der Waals surface area (Å²) >= 11 is 0. The van der Waals surface area contributed by atoms with Gasteiger partial charge in [0.2, 0.25) is 0 Å². The summed E-state index contributed by atoms with van der Waals surface area (Å²) in [5.41, 5.74) is 4.71. The number of likely N-dealkylation sites (N-methyl/N-ethyl adjacent to an activating group) is 1. The minimum Gasteiger partial charge on any atom is -0.508 e. The predicted octanol–water partition coefficient (Wildman–Crippen LogP) is 5.97. The van der Waals surface area contributed by atoms with Gasteiger partial charge in [-0.25, -0.2) is 0 Å². The monoisotopic (exact) mass is 495 g/mol. The van der Waals surface area contributed by atoms with Gasteiger partial charge >= 0.3 is 17.1 Å². The maximum absolute atomic E-state index is 9.71. The minimum atomic E-state index is 0. The van der Waals surface area contributed by atoms with Crippen LogP contribution in [0.2, 0.25) is 0 Å². The van der Waals surface area contributed by atoms with Crippen molar-refractivity contribution in [1.82, 2.24) is 4.90 Å². The molecule has 3 nitrogen and oxygen atoms in total. The van der Waals surface area contributed by atoms with E-state index in [-0.39, 0.29) is 22.8 Å². The maximum Gasteiger partial charge on any atom is 2.00 e. The van der Waals surface area contributed by atoms with Gasteiger partial charge in [0.25, 0.3) is 0 Å². The molecule has 4 rings (SSSR count). The quantitative estimate of drug-likeness (QED) is 0.458. The van der Waals surface area contributed by atoms with Crippen LogP contribution in [-0.2, 0) is 17.1 Å². The van der Waals surface area contributed by atoms with Crippen molar-refractivity contribution < 1.29 is 26.9 Å². The Morgan fingerprint density at radius 1 is 0.765 bits per heavy atom. The summed E-state index contributed by atoms with van der Waals surface area (Å²) in [5, 5.41) is 9.71. The molecule has 0 aromatic heterocycles. The molecule has 0 aliphatic heterocycles. The number of rotatable bonds is 8. The van der Waals surface area contributed by atoms with Gasteiger partial charge in [-0.05, 0) is 119 Å². The van der Waals surface area contributed by atoms with Crippen molar-refractivity contribution >= 4 is 5.57 Å². The second-order valence-electron chi connectivity index (χ2n) is 8.07. The topological polar surface area (TPSA) is 32.7 Å². The molecule has 2 aromatic carbocycles. The first-order valence-corrected chi connectivity index (χ1v) is 11.4. The molecule has 4 heteroatoms. The summed E-state index contributed by atoms with van der Waals surface area (Å²) in [7, 11) is 4.08. The van der Waals surface area contributed by atoms with Crippen molar-refractivity contribution in [2.75, 3.05) is 27.2 Å². The van der Waals surface area contributed by atoms with Crippen LogP contribution in [0.3, 0.4) is 0 Å². The molecule has 0 heterocycles. The van der Waals surface area contributed by atoms with Crippen molar-refractivity contribution in [2.45, 2.75) is 13.3 Å². The summed E-state index contributed by atoms with van der Waals surface area (Å²) in [6.07, 6.45) is 19.4. The van der Waals surface area contributed by atoms with Crippen LogP contribution in [0.15, 0.2) is 54.1 Å². The molecule has 0 bridgehead atoms. The van der Waals surface area contributed by atoms with Crippen molar-refractivity contribution in [1.29, 1.82) is 0 Å². The van der Waals surface area contributed by atoms with Gasteiger partial charge in [0, 0.05) is 12.5 Å². The van der Waals surface area contributed by atoms with Crippen LogP contribution in [0.5, 0.6) is 11.5 Å². The van der Waals surface area contributed by atoms with Crippen LogP contribution in [0, 0.1) is 63.7 Å². The fraction of sp³-hybridized carbons (Fsp3) is 0.200. The van der Waals surface area contributed by atoms with Gasteiger partial charge in [-0.1, -0.05) is 36.8 Å². The van der Waals surface area contributed by atoms with E-state index in [9.17, 15) is 5.11 Å². The van der Waals surface area contributed by atoms with Crippen LogP contribution in [0.25, 0.3) is 5.57 Å². The van der Waals surface area contributed by atoms with E-state index in [1.165, 1.54) is 17.1 Å². The molecule has 2 aliphatic carbocycles. The molecular weight excluding hydrogens is 462 g/mol. The maximum atomic E-state index is 9.71. The van der Waals surface area contributed by atoms with E-state index in [4.69, 9.17) is 4.74 Å². The van der Waals surface area contributed by atoms with Crippen LogP contribution >= 0.6 is 0 Å². The van der Waals surface area contributed by atoms with Crippen molar-refractivity contribution in [3.8, 4) is 11.5 Å². The Bertz CT molecular complexity index is 841. The third kappa shape index (κ3) is 8.80. The van der Waals surface area contributed by atoms with Crippen molar-refractivity contribution in [3.05, 3.63) is 129 Å². The summed E-state index contributed by atoms with van der Waals surface area (Å²) < 4.78 is 5.84. The van der Waals surface area contributed by atoms with Gasteiger partial charge in [-0.2, -0.15) is 0 Å². The third-order valence-electron chi connectivity index (χ3n) is 5.33. The van der Waals surface area contributed by atoms with Crippen molar-refractivity contribution in [2.24, 2.45) is 0 Å². The second kappa shape index (κ2) is 15.3. The van der Waals surface area contributed by atoms with Gasteiger partial charge in [0.05, 0.1) is 0 Å². The molecule has 10 radical (unpaired) electrons. The molecule has 2 aliphatic rings. The first kappa shape index (κ1) is 28.5. The van der Waals surface area contributed by atoms with E-state index in [1.807, 2.05) is 70.5 Å². The van der Waals surface area contributed by atoms with Crippen molar-refractivity contribution in [3.63, 3.8) is 0 Å². The summed E-state index contributed by atoms with van der Waals surface area (Å²) in [4.78, 5) is 2.10. The third-order valence-corrected chi connectivity index (χ3v) is 5.33. The molecule has 0 atom stereocenters. The van der Waals surface area contributed by atoms with Gasteiger partial charge < -0.3 is 14.7 Å². The van der Waals surface area contributed by atoms with E-state index in [0.29, 0.717) is 6.61 Å². The van der Waals surface area contributed by atoms with E-state index in [1.54, 1.807) is 12.1 Å². The smallest absolute Gasteiger partial charge is 0.508 e. The number of hydrogen-bond acceptors (Lipinski definition) is 3. The Morgan fingerprint density at radius 2 is 1.26 bits per heavy atom. The second-order valence-corrected chi connectivity index (χ2v) is 8.07. The minimum absolute atomic E-state index is 0. The number of aromatic hydroxyl groups is 1. The van der Waals surface area contributed by atoms with Crippen LogP contribution in [0.1, 0.15) is 24.5 Å². The summed E-state index contributed by atoms with van der Waals surface area (Å²) in [6.45, 7) is 3.74. The Balaban J connectivity index is 0.000000603. The molecule has 2 saturated carbocycles. The predicted molar refractivity (Wildman–Crippen MR) is 137 cm³/mol. The standard InChI is InChI=1S/C25H28NO2.C5H5.Fe/c1-4-24(19-7-5-6-8-19)25(20-9-13-22(27)14-10-20)21-11-15-23(16-12-21)28-18-17-26(2)3;1-2-4-5-3-1;/h5-16,27H,4,17-18H2,1-3H3;1-5H;/q;;+2/b25-24+;;. The van der Waals surface area contributed by atoms with E-state index >= 15 is 0 Å². The molecule has 0 spiro atoms. The molecule has 176 valence electrons. The SMILES string of the molecule is CC/C([C]1[CH][CH][CH][CH]1)=C(/c1ccc(O)cc1)c1ccc(OCCN(C)C)cc1.[CH]1[CH][CH][CH][CH]1.[Fe+2]. The van der Waals surface area contributed by atoms with Crippen LogP contribution < -0.4 is 4.74 Å². The Morgan fingerprint density at radius 3 is 1.74 bits per heavy atom. The molecule has 0 saturated heterocycles. The zero-order chi connectivity index (χ0) is 23.5. The number of benzene rings is 2. The molecule has 2 aromatic rings. The fourth-order valence-electron chi connectivity index (χ4n) is 3.63. The summed E-state index contributed by atoms with van der Waals surface area (Å²) in [6, 6.07) is 15.7. The van der Waals surface area contributed by atoms with Gasteiger partial charge in [0.15, 0.2) is 0 Å². The zero-order valence-electron chi connectivity index (χ0n) is 20.1. The fourth-order valence-corrected chi connectivity index (χ4v) is 3.63. The molecule has 1 N–H and O–H groups in total. The van der Waals surface area contributed by atoms with Gasteiger partial charge in [0.1, 0.15) is 18.1 Å². The molecule has 34 heavy (non-hydrogen) atoms. The largest absolute Gasteiger partial charge is 2.00 e. The number of phenols is 1. The molecular formula is C30H33FeNO2+2. The molecule has 2 fully saturated rings. The number of ether oxygens (including phenoxy) is 1. The average Bonchev–Trinajstić information content (AvgIpc) is 3.56. The Labute approximate surface area is 218 Å². The Kier molecular flexibility index (Phi) is 12.8. The first-order chi connectivity index (χ1) is 16.1. The van der Waals surface area contributed by atoms with E-state index < -0.39 is 0 Å². The molecule has 0 unspecified atom stereocenters. The number of hydrogen-bond donors (Lipinski definition) is 1. The normalized spacial score (nSPS) is 16.5. The zero-order valence-corrected chi connectivity index (χ0v) is 21.2.